The Labute approximate surface area is 76.6 Å². The van der Waals surface area contributed by atoms with E-state index in [-0.39, 0.29) is 0 Å². The van der Waals surface area contributed by atoms with Crippen LogP contribution in [-0.2, 0) is 6.54 Å². The fraction of sp³-hybridized carbons (Fsp3) is 0.200. The highest BCUT2D eigenvalue weighted by Gasteiger charge is 1.97. The van der Waals surface area contributed by atoms with Gasteiger partial charge in [-0.2, -0.15) is 0 Å². The zero-order chi connectivity index (χ0) is 9.26. The van der Waals surface area contributed by atoms with Gasteiger partial charge in [0.15, 0.2) is 0 Å². The second-order valence-corrected chi connectivity index (χ2v) is 3.04. The zero-order valence-electron chi connectivity index (χ0n) is 7.49. The maximum Gasteiger partial charge on any atom is 0.0890 e. The van der Waals surface area contributed by atoms with Crippen molar-refractivity contribution in [1.82, 2.24) is 9.97 Å². The average molecular weight is 173 g/mol. The molecule has 0 radical (unpaired) electrons. The van der Waals surface area contributed by atoms with Gasteiger partial charge in [0, 0.05) is 12.7 Å². The number of nitrogens with two attached hydrogens (primary N) is 1. The van der Waals surface area contributed by atoms with Crippen LogP contribution in [0, 0.1) is 6.92 Å². The lowest BCUT2D eigenvalue weighted by Crippen LogP contribution is -1.96. The molecule has 3 heteroatoms. The first kappa shape index (κ1) is 8.13. The summed E-state index contributed by atoms with van der Waals surface area (Å²) in [5.74, 6) is 0. The zero-order valence-corrected chi connectivity index (χ0v) is 7.49. The molecule has 2 N–H and O–H groups in total. The van der Waals surface area contributed by atoms with E-state index in [4.69, 9.17) is 5.73 Å². The Balaban J connectivity index is 2.66. The van der Waals surface area contributed by atoms with Crippen molar-refractivity contribution in [2.45, 2.75) is 13.5 Å². The van der Waals surface area contributed by atoms with Gasteiger partial charge in [-0.25, -0.2) is 4.98 Å². The van der Waals surface area contributed by atoms with Crippen LogP contribution in [0.4, 0.5) is 0 Å². The minimum atomic E-state index is 0.547. The molecule has 0 aliphatic carbocycles. The van der Waals surface area contributed by atoms with Crippen molar-refractivity contribution in [3.63, 3.8) is 0 Å². The molecule has 2 rings (SSSR count). The van der Waals surface area contributed by atoms with Gasteiger partial charge in [0.25, 0.3) is 0 Å². The first-order valence-corrected chi connectivity index (χ1v) is 4.22. The van der Waals surface area contributed by atoms with Crippen molar-refractivity contribution in [2.24, 2.45) is 5.73 Å². The Hall–Kier alpha value is -1.48. The van der Waals surface area contributed by atoms with Gasteiger partial charge in [0.05, 0.1) is 16.7 Å². The number of hydrogen-bond donors (Lipinski definition) is 1. The van der Waals surface area contributed by atoms with Crippen molar-refractivity contribution in [3.05, 3.63) is 35.7 Å². The third-order valence-electron chi connectivity index (χ3n) is 1.96. The molecule has 0 fully saturated rings. The van der Waals surface area contributed by atoms with E-state index in [9.17, 15) is 0 Å². The lowest BCUT2D eigenvalue weighted by molar-refractivity contribution is 1.07. The predicted octanol–water partition coefficient (Wildman–Crippen LogP) is 1.40. The van der Waals surface area contributed by atoms with Gasteiger partial charge in [-0.05, 0) is 24.6 Å². The summed E-state index contributed by atoms with van der Waals surface area (Å²) in [6.07, 6.45) is 1.77. The Bertz CT molecular complexity index is 437. The summed E-state index contributed by atoms with van der Waals surface area (Å²) in [5.41, 5.74) is 9.39. The summed E-state index contributed by atoms with van der Waals surface area (Å²) >= 11 is 0. The van der Waals surface area contributed by atoms with Crippen molar-refractivity contribution in [1.29, 1.82) is 0 Å². The van der Waals surface area contributed by atoms with Gasteiger partial charge < -0.3 is 5.73 Å². The number of aryl methyl sites for hydroxylation is 1. The van der Waals surface area contributed by atoms with E-state index in [1.807, 2.05) is 25.1 Å². The molecule has 0 atom stereocenters. The van der Waals surface area contributed by atoms with Crippen LogP contribution in [0.25, 0.3) is 11.0 Å². The van der Waals surface area contributed by atoms with E-state index < -0.39 is 0 Å². The molecule has 0 spiro atoms. The number of benzene rings is 1. The fourth-order valence-electron chi connectivity index (χ4n) is 1.28. The first-order chi connectivity index (χ1) is 6.29. The highest BCUT2D eigenvalue weighted by molar-refractivity contribution is 5.74. The third-order valence-corrected chi connectivity index (χ3v) is 1.96. The second-order valence-electron chi connectivity index (χ2n) is 3.04. The first-order valence-electron chi connectivity index (χ1n) is 4.22. The van der Waals surface area contributed by atoms with Crippen LogP contribution in [0.3, 0.4) is 0 Å². The second kappa shape index (κ2) is 3.11. The normalized spacial score (nSPS) is 10.6. The fourth-order valence-corrected chi connectivity index (χ4v) is 1.28. The summed E-state index contributed by atoms with van der Waals surface area (Å²) in [6, 6.07) is 5.91. The van der Waals surface area contributed by atoms with Gasteiger partial charge >= 0.3 is 0 Å². The Morgan fingerprint density at radius 2 is 2.15 bits per heavy atom. The summed E-state index contributed by atoms with van der Waals surface area (Å²) in [6.45, 7) is 2.48. The standard InChI is InChI=1S/C10H11N3/c1-7-6-12-10-4-8(5-11)2-3-9(10)13-7/h2-4,6H,5,11H2,1H3. The average Bonchev–Trinajstić information content (AvgIpc) is 2.17. The molecule has 66 valence electrons. The molecule has 13 heavy (non-hydrogen) atoms. The van der Waals surface area contributed by atoms with Crippen molar-refractivity contribution < 1.29 is 0 Å². The van der Waals surface area contributed by atoms with Crippen LogP contribution in [0.2, 0.25) is 0 Å². The highest BCUT2D eigenvalue weighted by Crippen LogP contribution is 2.11. The van der Waals surface area contributed by atoms with Crippen LogP contribution < -0.4 is 5.73 Å². The molecule has 1 aromatic heterocycles. The summed E-state index contributed by atoms with van der Waals surface area (Å²) in [4.78, 5) is 8.62. The molecule has 0 bridgehead atoms. The lowest BCUT2D eigenvalue weighted by Gasteiger charge is -2.00. The monoisotopic (exact) mass is 173 g/mol. The maximum atomic E-state index is 5.52. The summed E-state index contributed by atoms with van der Waals surface area (Å²) in [7, 11) is 0. The van der Waals surface area contributed by atoms with Gasteiger partial charge in [0.1, 0.15) is 0 Å². The predicted molar refractivity (Wildman–Crippen MR) is 52.2 cm³/mol. The summed E-state index contributed by atoms with van der Waals surface area (Å²) in [5, 5.41) is 0. The number of aromatic nitrogens is 2. The SMILES string of the molecule is Cc1cnc2cc(CN)ccc2n1. The Kier molecular flexibility index (Phi) is 1.94. The van der Waals surface area contributed by atoms with E-state index in [1.54, 1.807) is 6.20 Å². The molecule has 0 saturated carbocycles. The van der Waals surface area contributed by atoms with E-state index in [0.717, 1.165) is 22.3 Å². The van der Waals surface area contributed by atoms with E-state index >= 15 is 0 Å². The summed E-state index contributed by atoms with van der Waals surface area (Å²) < 4.78 is 0. The van der Waals surface area contributed by atoms with Gasteiger partial charge in [-0.3, -0.25) is 4.98 Å². The molecule has 0 amide bonds. The van der Waals surface area contributed by atoms with Crippen LogP contribution in [0.15, 0.2) is 24.4 Å². The van der Waals surface area contributed by atoms with Crippen LogP contribution >= 0.6 is 0 Å². The quantitative estimate of drug-likeness (QED) is 0.709. The van der Waals surface area contributed by atoms with Crippen LogP contribution in [-0.4, -0.2) is 9.97 Å². The molecular formula is C10H11N3. The van der Waals surface area contributed by atoms with Crippen molar-refractivity contribution >= 4 is 11.0 Å². The van der Waals surface area contributed by atoms with E-state index in [0.29, 0.717) is 6.54 Å². The largest absolute Gasteiger partial charge is 0.326 e. The minimum Gasteiger partial charge on any atom is -0.326 e. The molecule has 0 saturated heterocycles. The molecule has 3 nitrogen and oxygen atoms in total. The van der Waals surface area contributed by atoms with Crippen LogP contribution in [0.5, 0.6) is 0 Å². The molecule has 0 unspecified atom stereocenters. The molecule has 1 heterocycles. The molecule has 2 aromatic rings. The smallest absolute Gasteiger partial charge is 0.0890 e. The molecule has 1 aromatic carbocycles. The van der Waals surface area contributed by atoms with E-state index in [1.165, 1.54) is 0 Å². The number of rotatable bonds is 1. The lowest BCUT2D eigenvalue weighted by atomic mass is 10.2. The Morgan fingerprint density at radius 3 is 2.92 bits per heavy atom. The highest BCUT2D eigenvalue weighted by atomic mass is 14.8. The van der Waals surface area contributed by atoms with Crippen molar-refractivity contribution in [3.8, 4) is 0 Å². The number of hydrogen-bond acceptors (Lipinski definition) is 3. The molecular weight excluding hydrogens is 162 g/mol. The number of fused-ring (bicyclic) bond motifs is 1. The maximum absolute atomic E-state index is 5.52. The van der Waals surface area contributed by atoms with Gasteiger partial charge in [-0.15, -0.1) is 0 Å². The molecule has 0 aliphatic heterocycles. The molecule has 0 aliphatic rings. The third kappa shape index (κ3) is 1.51. The minimum absolute atomic E-state index is 0.547. The van der Waals surface area contributed by atoms with Crippen molar-refractivity contribution in [2.75, 3.05) is 0 Å². The van der Waals surface area contributed by atoms with E-state index in [2.05, 4.69) is 9.97 Å². The van der Waals surface area contributed by atoms with Crippen LogP contribution in [0.1, 0.15) is 11.3 Å². The number of nitrogens with zero attached hydrogens (tertiary/aromatic N) is 2. The van der Waals surface area contributed by atoms with Gasteiger partial charge in [0.2, 0.25) is 0 Å². The topological polar surface area (TPSA) is 51.8 Å². The van der Waals surface area contributed by atoms with Gasteiger partial charge in [-0.1, -0.05) is 6.07 Å². The Morgan fingerprint density at radius 1 is 1.31 bits per heavy atom.